The maximum Gasteiger partial charge on any atom is 0.355 e. The molecule has 0 amide bonds. The second kappa shape index (κ2) is 16.8. The molecule has 212 valence electrons. The van der Waals surface area contributed by atoms with Crippen molar-refractivity contribution >= 4 is 42.1 Å². The van der Waals surface area contributed by atoms with Gasteiger partial charge < -0.3 is 39.1 Å². The Bertz CT molecular complexity index is 687. The Morgan fingerprint density at radius 3 is 1.20 bits per heavy atom. The van der Waals surface area contributed by atoms with Crippen molar-refractivity contribution in [3.8, 4) is 0 Å². The van der Waals surface area contributed by atoms with Gasteiger partial charge in [0.1, 0.15) is 0 Å². The first-order chi connectivity index (χ1) is 15.9. The van der Waals surface area contributed by atoms with E-state index in [1.54, 1.807) is 0 Å². The Hall–Kier alpha value is 0.910. The molecule has 18 heteroatoms. The van der Waals surface area contributed by atoms with Gasteiger partial charge in [-0.15, -0.1) is 0 Å². The van der Waals surface area contributed by atoms with Gasteiger partial charge in [-0.1, -0.05) is 64.7 Å². The minimum absolute atomic E-state index is 0.0740. The predicted molar refractivity (Wildman–Crippen MR) is 136 cm³/mol. The largest absolute Gasteiger partial charge is 0.355 e. The molecule has 8 N–H and O–H groups in total. The second-order valence-corrected chi connectivity index (χ2v) is 17.1. The van der Waals surface area contributed by atoms with Crippen molar-refractivity contribution in [2.24, 2.45) is 0 Å². The lowest BCUT2D eigenvalue weighted by Crippen LogP contribution is -2.43. The van der Waals surface area contributed by atoms with E-state index in [2.05, 4.69) is 6.92 Å². The molecule has 0 saturated heterocycles. The van der Waals surface area contributed by atoms with Gasteiger partial charge in [-0.2, -0.15) is 11.8 Å². The molecule has 0 aromatic rings. The van der Waals surface area contributed by atoms with Gasteiger partial charge in [0.15, 0.2) is 0 Å². The molecule has 0 aromatic heterocycles. The van der Waals surface area contributed by atoms with E-state index < -0.39 is 48.0 Å². The van der Waals surface area contributed by atoms with Gasteiger partial charge in [0.05, 0.1) is 0 Å². The number of thioether (sulfide) groups is 1. The van der Waals surface area contributed by atoms with Crippen molar-refractivity contribution < 1.29 is 57.4 Å². The Morgan fingerprint density at radius 2 is 0.857 bits per heavy atom. The van der Waals surface area contributed by atoms with E-state index in [-0.39, 0.29) is 17.1 Å². The minimum atomic E-state index is -5.77. The topological polar surface area (TPSA) is 233 Å². The first-order valence-electron chi connectivity index (χ1n) is 11.5. The highest BCUT2D eigenvalue weighted by Gasteiger charge is 2.58. The van der Waals surface area contributed by atoms with Gasteiger partial charge >= 0.3 is 30.4 Å². The van der Waals surface area contributed by atoms with Crippen LogP contribution in [0.4, 0.5) is 0 Å². The van der Waals surface area contributed by atoms with E-state index in [0.29, 0.717) is 0 Å². The van der Waals surface area contributed by atoms with Crippen LogP contribution in [0.2, 0.25) is 0 Å². The van der Waals surface area contributed by atoms with Gasteiger partial charge in [-0.05, 0) is 24.3 Å². The van der Waals surface area contributed by atoms with Crippen LogP contribution in [-0.2, 0) is 18.3 Å². The molecule has 0 fully saturated rings. The molecular weight excluding hydrogens is 566 g/mol. The van der Waals surface area contributed by atoms with Crippen LogP contribution < -0.4 is 0 Å². The average Bonchev–Trinajstić information content (AvgIpc) is 2.63. The van der Waals surface area contributed by atoms with Crippen LogP contribution in [0.3, 0.4) is 0 Å². The fourth-order valence-corrected chi connectivity index (χ4v) is 10.7. The number of nitrogens with zero attached hydrogens (tertiary/aromatic N) is 1. The third kappa shape index (κ3) is 15.8. The molecule has 0 radical (unpaired) electrons. The SMILES string of the molecule is CCCCCCCCCCCCSCCCN(C(P(=O)(O)O)P(=O)(O)O)C(P(=O)(O)O)P(=O)(O)O. The zero-order valence-electron chi connectivity index (χ0n) is 19.9. The molecule has 35 heavy (non-hydrogen) atoms. The molecule has 0 spiro atoms. The van der Waals surface area contributed by atoms with Crippen LogP contribution in [0.15, 0.2) is 0 Å². The quantitative estimate of drug-likeness (QED) is 0.0688. The van der Waals surface area contributed by atoms with Crippen LogP contribution in [-0.4, -0.2) is 73.1 Å². The smallest absolute Gasteiger partial charge is 0.323 e. The Balaban J connectivity index is 4.83. The van der Waals surface area contributed by atoms with Gasteiger partial charge in [-0.3, -0.25) is 23.2 Å². The first-order valence-corrected chi connectivity index (χ1v) is 19.4. The molecule has 0 aliphatic rings. The Labute approximate surface area is 211 Å². The van der Waals surface area contributed by atoms with E-state index in [1.165, 1.54) is 50.3 Å². The van der Waals surface area contributed by atoms with Crippen molar-refractivity contribution in [1.82, 2.24) is 4.90 Å². The molecule has 0 saturated carbocycles. The summed E-state index contributed by atoms with van der Waals surface area (Å²) < 4.78 is 47.1. The predicted octanol–water partition coefficient (Wildman–Crippen LogP) is 3.61. The highest BCUT2D eigenvalue weighted by molar-refractivity contribution is 7.99. The van der Waals surface area contributed by atoms with Crippen LogP contribution in [0.5, 0.6) is 0 Å². The summed E-state index contributed by atoms with van der Waals surface area (Å²) >= 11 is 1.42. The Kier molecular flexibility index (Phi) is 17.2. The average molecular weight is 607 g/mol. The summed E-state index contributed by atoms with van der Waals surface area (Å²) in [5.41, 5.74) is -6.21. The molecule has 13 nitrogen and oxygen atoms in total. The van der Waals surface area contributed by atoms with Crippen molar-refractivity contribution in [3.63, 3.8) is 0 Å². The monoisotopic (exact) mass is 607 g/mol. The normalized spacial score (nSPS) is 13.9. The molecule has 0 aliphatic carbocycles. The summed E-state index contributed by atoms with van der Waals surface area (Å²) in [5.74, 6) is 1.02. The summed E-state index contributed by atoms with van der Waals surface area (Å²) in [6, 6.07) is 0. The maximum atomic E-state index is 11.8. The summed E-state index contributed by atoms with van der Waals surface area (Å²) in [6.07, 6.45) is 11.6. The third-order valence-electron chi connectivity index (χ3n) is 5.14. The lowest BCUT2D eigenvalue weighted by Gasteiger charge is -2.37. The van der Waals surface area contributed by atoms with Gasteiger partial charge in [-0.25, -0.2) is 0 Å². The number of hydrogen-bond donors (Lipinski definition) is 8. The van der Waals surface area contributed by atoms with Crippen molar-refractivity contribution in [1.29, 1.82) is 0 Å². The second-order valence-electron chi connectivity index (χ2n) is 8.43. The third-order valence-corrected chi connectivity index (χ3v) is 13.5. The standard InChI is InChI=1S/C17H41NO12P4S/c1-2-3-4-5-6-7-8-9-10-11-14-35-15-12-13-18(16(31(19,20)21)32(22,23)24)17(33(25,26)27)34(28,29)30/h16-17H,2-15H2,1H3,(H2,19,20,21)(H2,22,23,24)(H2,25,26,27)(H2,28,29,30). The number of hydrogen-bond acceptors (Lipinski definition) is 6. The van der Waals surface area contributed by atoms with Crippen LogP contribution in [0.25, 0.3) is 0 Å². The molecule has 0 unspecified atom stereocenters. The maximum absolute atomic E-state index is 11.8. The molecular formula is C17H41NO12P4S. The lowest BCUT2D eigenvalue weighted by molar-refractivity contribution is 0.201. The van der Waals surface area contributed by atoms with Crippen LogP contribution in [0, 0.1) is 0 Å². The van der Waals surface area contributed by atoms with E-state index in [9.17, 15) is 57.4 Å². The number of unbranched alkanes of at least 4 members (excludes halogenated alkanes) is 9. The van der Waals surface area contributed by atoms with Gasteiger partial charge in [0.25, 0.3) is 0 Å². The summed E-state index contributed by atoms with van der Waals surface area (Å²) in [6.45, 7) is 1.42. The highest BCUT2D eigenvalue weighted by Crippen LogP contribution is 2.68. The van der Waals surface area contributed by atoms with Crippen LogP contribution >= 0.6 is 42.1 Å². The highest BCUT2D eigenvalue weighted by atomic mass is 32.2. The molecule has 0 bridgehead atoms. The van der Waals surface area contributed by atoms with Crippen molar-refractivity contribution in [2.75, 3.05) is 18.1 Å². The molecule has 0 atom stereocenters. The molecule has 0 aromatic carbocycles. The fraction of sp³-hybridized carbons (Fsp3) is 1.00. The van der Waals surface area contributed by atoms with Crippen molar-refractivity contribution in [3.05, 3.63) is 0 Å². The number of rotatable bonds is 21. The summed E-state index contributed by atoms with van der Waals surface area (Å²) in [5, 5.41) is 0. The molecule has 0 aliphatic heterocycles. The van der Waals surface area contributed by atoms with Crippen molar-refractivity contribution in [2.45, 2.75) is 88.6 Å². The zero-order chi connectivity index (χ0) is 27.3. The van der Waals surface area contributed by atoms with Gasteiger partial charge in [0, 0.05) is 6.54 Å². The minimum Gasteiger partial charge on any atom is -0.323 e. The molecule has 0 rings (SSSR count). The zero-order valence-corrected chi connectivity index (χ0v) is 24.3. The van der Waals surface area contributed by atoms with E-state index in [4.69, 9.17) is 0 Å². The van der Waals surface area contributed by atoms with Gasteiger partial charge in [0.2, 0.25) is 11.0 Å². The first kappa shape index (κ1) is 35.9. The van der Waals surface area contributed by atoms with E-state index in [0.717, 1.165) is 31.4 Å². The summed E-state index contributed by atoms with van der Waals surface area (Å²) in [4.78, 5) is 75.5. The van der Waals surface area contributed by atoms with Crippen LogP contribution in [0.1, 0.15) is 77.6 Å². The molecule has 0 heterocycles. The summed E-state index contributed by atoms with van der Waals surface area (Å²) in [7, 11) is -23.1. The fourth-order valence-electron chi connectivity index (χ4n) is 3.66. The van der Waals surface area contributed by atoms with E-state index in [1.807, 2.05) is 0 Å². The Morgan fingerprint density at radius 1 is 0.543 bits per heavy atom. The van der Waals surface area contributed by atoms with E-state index >= 15 is 0 Å². The lowest BCUT2D eigenvalue weighted by atomic mass is 10.1.